The highest BCUT2D eigenvalue weighted by molar-refractivity contribution is 9.10. The molecular formula is C10H6BrN5. The van der Waals surface area contributed by atoms with E-state index in [-0.39, 0.29) is 0 Å². The molecule has 5 heterocycles. The van der Waals surface area contributed by atoms with Crippen molar-refractivity contribution >= 4 is 21.6 Å². The third kappa shape index (κ3) is 0.802. The maximum Gasteiger partial charge on any atom is 0.167 e. The Morgan fingerprint density at radius 1 is 1.38 bits per heavy atom. The molecule has 5 nitrogen and oxygen atoms in total. The molecule has 2 aliphatic rings. The molecule has 0 unspecified atom stereocenters. The second-order valence-electron chi connectivity index (χ2n) is 3.79. The van der Waals surface area contributed by atoms with E-state index in [4.69, 9.17) is 0 Å². The number of nitrogens with zero attached hydrogens (tertiary/aromatic N) is 5. The van der Waals surface area contributed by atoms with Gasteiger partial charge in [-0.1, -0.05) is 0 Å². The van der Waals surface area contributed by atoms with Crippen LogP contribution >= 0.6 is 15.9 Å². The first-order valence-corrected chi connectivity index (χ1v) is 5.62. The summed E-state index contributed by atoms with van der Waals surface area (Å²) in [6, 6.07) is 2.02. The third-order valence-corrected chi connectivity index (χ3v) is 3.41. The van der Waals surface area contributed by atoms with Crippen LogP contribution in [0.15, 0.2) is 23.1 Å². The van der Waals surface area contributed by atoms with Gasteiger partial charge in [-0.15, -0.1) is 0 Å². The van der Waals surface area contributed by atoms with E-state index in [1.54, 1.807) is 6.20 Å². The number of hydrogen-bond acceptors (Lipinski definition) is 3. The highest BCUT2D eigenvalue weighted by atomic mass is 79.9. The summed E-state index contributed by atoms with van der Waals surface area (Å²) >= 11 is 3.43. The molecule has 0 saturated carbocycles. The van der Waals surface area contributed by atoms with Gasteiger partial charge in [0.1, 0.15) is 10.3 Å². The van der Waals surface area contributed by atoms with Gasteiger partial charge in [0.2, 0.25) is 0 Å². The minimum atomic E-state index is 0.855. The maximum absolute atomic E-state index is 4.41. The zero-order chi connectivity index (χ0) is 10.9. The maximum atomic E-state index is 4.41. The fraction of sp³-hybridized carbons (Fsp3) is 0.100. The molecule has 0 atom stereocenters. The highest BCUT2D eigenvalue weighted by Gasteiger charge is 2.20. The van der Waals surface area contributed by atoms with E-state index in [0.29, 0.717) is 0 Å². The smallest absolute Gasteiger partial charge is 0.167 e. The van der Waals surface area contributed by atoms with Gasteiger partial charge >= 0.3 is 0 Å². The molecule has 0 amide bonds. The van der Waals surface area contributed by atoms with Crippen LogP contribution in [-0.4, -0.2) is 24.1 Å². The number of fused-ring (bicyclic) bond motifs is 1. The van der Waals surface area contributed by atoms with Crippen molar-refractivity contribution in [3.05, 3.63) is 33.6 Å². The molecule has 0 fully saturated rings. The lowest BCUT2D eigenvalue weighted by Gasteiger charge is -2.07. The lowest BCUT2D eigenvalue weighted by Crippen LogP contribution is -2.04. The van der Waals surface area contributed by atoms with E-state index in [2.05, 4.69) is 31.0 Å². The zero-order valence-electron chi connectivity index (χ0n) is 8.35. The Morgan fingerprint density at radius 3 is 3.00 bits per heavy atom. The van der Waals surface area contributed by atoms with Crippen LogP contribution < -0.4 is 0 Å². The lowest BCUT2D eigenvalue weighted by atomic mass is 10.2. The van der Waals surface area contributed by atoms with E-state index in [0.717, 1.165) is 32.3 Å². The normalized spacial score (nSPS) is 12.4. The Bertz CT molecular complexity index is 829. The van der Waals surface area contributed by atoms with Crippen molar-refractivity contribution in [2.24, 2.45) is 7.05 Å². The van der Waals surface area contributed by atoms with Crippen molar-refractivity contribution in [2.45, 2.75) is 0 Å². The van der Waals surface area contributed by atoms with E-state index in [1.807, 2.05) is 28.4 Å². The molecule has 5 rings (SSSR count). The third-order valence-electron chi connectivity index (χ3n) is 2.85. The van der Waals surface area contributed by atoms with Crippen LogP contribution in [0.2, 0.25) is 0 Å². The minimum Gasteiger partial charge on any atom is -0.333 e. The number of aryl methyl sites for hydroxylation is 1. The highest BCUT2D eigenvalue weighted by Crippen LogP contribution is 2.27. The molecule has 16 heavy (non-hydrogen) atoms. The average molecular weight is 276 g/mol. The predicted octanol–water partition coefficient (Wildman–Crippen LogP) is 1.49. The van der Waals surface area contributed by atoms with Crippen LogP contribution in [0.3, 0.4) is 0 Å². The summed E-state index contributed by atoms with van der Waals surface area (Å²) in [6.07, 6.45) is 3.70. The van der Waals surface area contributed by atoms with E-state index in [9.17, 15) is 0 Å². The molecule has 0 N–H and O–H groups in total. The van der Waals surface area contributed by atoms with E-state index in [1.165, 1.54) is 0 Å². The van der Waals surface area contributed by atoms with Crippen molar-refractivity contribution in [2.75, 3.05) is 0 Å². The Labute approximate surface area is 98.2 Å². The van der Waals surface area contributed by atoms with Crippen LogP contribution in [0.4, 0.5) is 0 Å². The van der Waals surface area contributed by atoms with Gasteiger partial charge in [0.05, 0.1) is 10.6 Å². The molecule has 0 spiro atoms. The fourth-order valence-electron chi connectivity index (χ4n) is 2.06. The minimum absolute atomic E-state index is 0.855. The molecule has 6 heteroatoms. The van der Waals surface area contributed by atoms with Crippen LogP contribution in [0.5, 0.6) is 0 Å². The number of hydrogen-bond donors (Lipinski definition) is 0. The van der Waals surface area contributed by atoms with Gasteiger partial charge in [-0.3, -0.25) is 0 Å². The molecule has 0 saturated heterocycles. The van der Waals surface area contributed by atoms with Gasteiger partial charge < -0.3 is 4.57 Å². The van der Waals surface area contributed by atoms with Gasteiger partial charge in [-0.25, -0.2) is 14.5 Å². The summed E-state index contributed by atoms with van der Waals surface area (Å²) in [5.74, 6) is 0.898. The summed E-state index contributed by atoms with van der Waals surface area (Å²) in [6.45, 7) is 0. The van der Waals surface area contributed by atoms with Gasteiger partial charge in [0, 0.05) is 19.4 Å². The zero-order valence-corrected chi connectivity index (χ0v) is 9.93. The van der Waals surface area contributed by atoms with Crippen molar-refractivity contribution in [3.8, 4) is 11.5 Å². The van der Waals surface area contributed by atoms with Gasteiger partial charge in [0.15, 0.2) is 11.5 Å². The van der Waals surface area contributed by atoms with Crippen molar-refractivity contribution < 1.29 is 0 Å². The molecule has 4 bridgehead atoms. The average Bonchev–Trinajstić information content (AvgIpc) is 2.70. The summed E-state index contributed by atoms with van der Waals surface area (Å²) in [5, 5.41) is 6.50. The molecule has 0 aliphatic carbocycles. The quantitative estimate of drug-likeness (QED) is 0.529. The number of imidazole rings is 1. The van der Waals surface area contributed by atoms with Crippen LogP contribution in [0, 0.1) is 10.6 Å². The van der Waals surface area contributed by atoms with Gasteiger partial charge in [-0.05, 0) is 22.0 Å². The van der Waals surface area contributed by atoms with Crippen LogP contribution in [0.1, 0.15) is 0 Å². The fourth-order valence-corrected chi connectivity index (χ4v) is 2.60. The van der Waals surface area contributed by atoms with Crippen molar-refractivity contribution in [1.29, 1.82) is 0 Å². The summed E-state index contributed by atoms with van der Waals surface area (Å²) in [4.78, 5) is 8.68. The molecular weight excluding hydrogens is 270 g/mol. The first-order chi connectivity index (χ1) is 7.75. The number of rotatable bonds is 1. The van der Waals surface area contributed by atoms with Gasteiger partial charge in [0.25, 0.3) is 0 Å². The first-order valence-electron chi connectivity index (χ1n) is 4.83. The largest absolute Gasteiger partial charge is 0.333 e. The SMILES string of the molecule is Cn1ccnc1-c1cc2nc3c=2c(Br)nn13. The molecule has 3 aromatic rings. The molecule has 78 valence electrons. The van der Waals surface area contributed by atoms with Crippen LogP contribution in [-0.2, 0) is 7.05 Å². The Morgan fingerprint density at radius 2 is 2.25 bits per heavy atom. The summed E-state index contributed by atoms with van der Waals surface area (Å²) in [5.41, 5.74) is 1.90. The van der Waals surface area contributed by atoms with Crippen molar-refractivity contribution in [1.82, 2.24) is 24.1 Å². The monoisotopic (exact) mass is 275 g/mol. The number of halogens is 1. The topological polar surface area (TPSA) is 48.0 Å². The molecule has 2 aliphatic heterocycles. The standard InChI is InChI=1S/C10H6BrN5/c1-15-3-2-12-9(15)6-4-5-7-8(11)14-16(6)10(7)13-5/h2-4H,1H3. The molecule has 0 radical (unpaired) electrons. The second-order valence-corrected chi connectivity index (χ2v) is 4.54. The second kappa shape index (κ2) is 2.52. The summed E-state index contributed by atoms with van der Waals surface area (Å²) < 4.78 is 4.65. The van der Waals surface area contributed by atoms with E-state index >= 15 is 0 Å². The van der Waals surface area contributed by atoms with Crippen molar-refractivity contribution in [3.63, 3.8) is 0 Å². The summed E-state index contributed by atoms with van der Waals surface area (Å²) in [7, 11) is 1.97. The van der Waals surface area contributed by atoms with Crippen LogP contribution in [0.25, 0.3) is 17.2 Å². The Kier molecular flexibility index (Phi) is 1.33. The molecule has 0 aromatic carbocycles. The lowest BCUT2D eigenvalue weighted by molar-refractivity contribution is 0.871. The Balaban J connectivity index is 2.18. The van der Waals surface area contributed by atoms with Gasteiger partial charge in [-0.2, -0.15) is 5.10 Å². The molecule has 3 aromatic heterocycles. The van der Waals surface area contributed by atoms with E-state index < -0.39 is 0 Å². The predicted molar refractivity (Wildman–Crippen MR) is 60.6 cm³/mol. The number of aromatic nitrogens is 5. The first kappa shape index (κ1) is 8.46. The Hall–Kier alpha value is -1.69.